The lowest BCUT2D eigenvalue weighted by Crippen LogP contribution is -2.53. The molecule has 104 valence electrons. The molecule has 0 bridgehead atoms. The van der Waals surface area contributed by atoms with Crippen LogP contribution < -0.4 is 10.1 Å². The van der Waals surface area contributed by atoms with Crippen LogP contribution in [-0.2, 0) is 12.8 Å². The van der Waals surface area contributed by atoms with E-state index in [9.17, 15) is 5.11 Å². The topological polar surface area (TPSA) is 44.7 Å². The van der Waals surface area contributed by atoms with Crippen LogP contribution in [-0.4, -0.2) is 55.4 Å². The molecular weight excluding hydrogens is 240 g/mol. The summed E-state index contributed by atoms with van der Waals surface area (Å²) in [4.78, 5) is 2.39. The minimum atomic E-state index is 0.241. The van der Waals surface area contributed by atoms with Gasteiger partial charge in [-0.1, -0.05) is 12.1 Å². The lowest BCUT2D eigenvalue weighted by atomic mass is 10.1. The van der Waals surface area contributed by atoms with Crippen molar-refractivity contribution in [2.45, 2.75) is 18.9 Å². The molecule has 4 heteroatoms. The number of nitrogens with zero attached hydrogens (tertiary/aromatic N) is 1. The Morgan fingerprint density at radius 3 is 3.26 bits per heavy atom. The van der Waals surface area contributed by atoms with Gasteiger partial charge in [0.25, 0.3) is 0 Å². The van der Waals surface area contributed by atoms with Crippen molar-refractivity contribution in [2.24, 2.45) is 0 Å². The van der Waals surface area contributed by atoms with E-state index in [-0.39, 0.29) is 12.6 Å². The van der Waals surface area contributed by atoms with E-state index in [1.54, 1.807) is 0 Å². The van der Waals surface area contributed by atoms with Crippen molar-refractivity contribution in [3.8, 4) is 5.75 Å². The summed E-state index contributed by atoms with van der Waals surface area (Å²) in [6.45, 7) is 5.03. The molecule has 4 nitrogen and oxygen atoms in total. The predicted molar refractivity (Wildman–Crippen MR) is 74.7 cm³/mol. The van der Waals surface area contributed by atoms with Crippen LogP contribution in [0.3, 0.4) is 0 Å². The third-order valence-electron chi connectivity index (χ3n) is 4.12. The Balaban J connectivity index is 1.59. The highest BCUT2D eigenvalue weighted by Crippen LogP contribution is 2.26. The van der Waals surface area contributed by atoms with Crippen LogP contribution in [0.25, 0.3) is 0 Å². The van der Waals surface area contributed by atoms with Crippen molar-refractivity contribution >= 4 is 0 Å². The zero-order valence-electron chi connectivity index (χ0n) is 11.3. The van der Waals surface area contributed by atoms with Gasteiger partial charge in [0.1, 0.15) is 5.75 Å². The largest absolute Gasteiger partial charge is 0.493 e. The molecule has 2 heterocycles. The van der Waals surface area contributed by atoms with Crippen LogP contribution in [0.4, 0.5) is 0 Å². The third-order valence-corrected chi connectivity index (χ3v) is 4.12. The molecule has 0 radical (unpaired) electrons. The smallest absolute Gasteiger partial charge is 0.122 e. The van der Waals surface area contributed by atoms with E-state index in [1.165, 1.54) is 11.1 Å². The number of piperazine rings is 1. The van der Waals surface area contributed by atoms with Crippen molar-refractivity contribution < 1.29 is 9.84 Å². The second-order valence-electron chi connectivity index (χ2n) is 5.37. The van der Waals surface area contributed by atoms with E-state index >= 15 is 0 Å². The summed E-state index contributed by atoms with van der Waals surface area (Å²) < 4.78 is 5.53. The van der Waals surface area contributed by atoms with Gasteiger partial charge in [0, 0.05) is 38.6 Å². The van der Waals surface area contributed by atoms with Gasteiger partial charge in [-0.25, -0.2) is 0 Å². The van der Waals surface area contributed by atoms with E-state index in [0.29, 0.717) is 0 Å². The van der Waals surface area contributed by atoms with Crippen molar-refractivity contribution in [3.63, 3.8) is 0 Å². The highest BCUT2D eigenvalue weighted by atomic mass is 16.5. The lowest BCUT2D eigenvalue weighted by Gasteiger charge is -2.35. The van der Waals surface area contributed by atoms with Gasteiger partial charge >= 0.3 is 0 Å². The quantitative estimate of drug-likeness (QED) is 0.826. The molecule has 2 N–H and O–H groups in total. The number of fused-ring (bicyclic) bond motifs is 1. The number of nitrogens with one attached hydrogen (secondary N) is 1. The Kier molecular flexibility index (Phi) is 4.01. The molecule has 0 aliphatic carbocycles. The lowest BCUT2D eigenvalue weighted by molar-refractivity contribution is 0.102. The minimum absolute atomic E-state index is 0.241. The Labute approximate surface area is 114 Å². The van der Waals surface area contributed by atoms with Crippen LogP contribution in [0.5, 0.6) is 5.75 Å². The second-order valence-corrected chi connectivity index (χ2v) is 5.37. The van der Waals surface area contributed by atoms with Gasteiger partial charge in [-0.05, 0) is 23.6 Å². The standard InChI is InChI=1S/C15H22N2O2/c18-11-14-10-16-5-7-17(14)6-3-12-1-2-15-13(9-12)4-8-19-15/h1-2,9,14,16,18H,3-8,10-11H2. The van der Waals surface area contributed by atoms with E-state index in [4.69, 9.17) is 4.74 Å². The van der Waals surface area contributed by atoms with E-state index < -0.39 is 0 Å². The number of hydrogen-bond acceptors (Lipinski definition) is 4. The van der Waals surface area contributed by atoms with Gasteiger partial charge in [-0.15, -0.1) is 0 Å². The maximum Gasteiger partial charge on any atom is 0.122 e. The van der Waals surface area contributed by atoms with Gasteiger partial charge < -0.3 is 15.2 Å². The predicted octanol–water partition coefficient (Wildman–Crippen LogP) is 0.430. The van der Waals surface area contributed by atoms with Crippen LogP contribution in [0.1, 0.15) is 11.1 Å². The fraction of sp³-hybridized carbons (Fsp3) is 0.600. The SMILES string of the molecule is OCC1CNCCN1CCc1ccc2c(c1)CCO2. The summed E-state index contributed by atoms with van der Waals surface area (Å²) in [5, 5.41) is 12.7. The molecule has 2 aliphatic rings. The summed E-state index contributed by atoms with van der Waals surface area (Å²) >= 11 is 0. The molecule has 0 saturated carbocycles. The number of aliphatic hydroxyl groups excluding tert-OH is 1. The molecule has 3 rings (SSSR count). The van der Waals surface area contributed by atoms with E-state index in [2.05, 4.69) is 28.4 Å². The molecule has 1 fully saturated rings. The summed E-state index contributed by atoms with van der Waals surface area (Å²) in [6.07, 6.45) is 2.08. The van der Waals surface area contributed by atoms with Crippen LogP contribution in [0.15, 0.2) is 18.2 Å². The molecule has 19 heavy (non-hydrogen) atoms. The molecule has 1 aromatic carbocycles. The van der Waals surface area contributed by atoms with Gasteiger partial charge in [0.05, 0.1) is 13.2 Å². The Bertz CT molecular complexity index is 436. The van der Waals surface area contributed by atoms with Gasteiger partial charge in [-0.3, -0.25) is 4.90 Å². The van der Waals surface area contributed by atoms with Crippen LogP contribution in [0.2, 0.25) is 0 Å². The Morgan fingerprint density at radius 2 is 2.37 bits per heavy atom. The number of ether oxygens (including phenoxy) is 1. The fourth-order valence-corrected chi connectivity index (χ4v) is 2.95. The zero-order valence-corrected chi connectivity index (χ0v) is 11.3. The molecular formula is C15H22N2O2. The summed E-state index contributed by atoms with van der Waals surface area (Å²) in [5.74, 6) is 1.05. The maximum absolute atomic E-state index is 9.39. The van der Waals surface area contributed by atoms with E-state index in [0.717, 1.165) is 51.4 Å². The Morgan fingerprint density at radius 1 is 1.42 bits per heavy atom. The van der Waals surface area contributed by atoms with Gasteiger partial charge in [0.15, 0.2) is 0 Å². The van der Waals surface area contributed by atoms with Crippen molar-refractivity contribution in [2.75, 3.05) is 39.4 Å². The van der Waals surface area contributed by atoms with Crippen molar-refractivity contribution in [1.82, 2.24) is 10.2 Å². The maximum atomic E-state index is 9.39. The third kappa shape index (κ3) is 2.91. The fourth-order valence-electron chi connectivity index (χ4n) is 2.95. The van der Waals surface area contributed by atoms with Gasteiger partial charge in [-0.2, -0.15) is 0 Å². The first kappa shape index (κ1) is 12.9. The molecule has 1 atom stereocenters. The Hall–Kier alpha value is -1.10. The molecule has 1 aromatic rings. The second kappa shape index (κ2) is 5.90. The first-order valence-corrected chi connectivity index (χ1v) is 7.17. The number of benzene rings is 1. The summed E-state index contributed by atoms with van der Waals surface area (Å²) in [6, 6.07) is 6.81. The highest BCUT2D eigenvalue weighted by Gasteiger charge is 2.21. The molecule has 2 aliphatic heterocycles. The molecule has 0 aromatic heterocycles. The molecule has 0 spiro atoms. The number of rotatable bonds is 4. The summed E-state index contributed by atoms with van der Waals surface area (Å²) in [7, 11) is 0. The highest BCUT2D eigenvalue weighted by molar-refractivity contribution is 5.39. The van der Waals surface area contributed by atoms with E-state index in [1.807, 2.05) is 0 Å². The summed E-state index contributed by atoms with van der Waals surface area (Å²) in [5.41, 5.74) is 2.72. The van der Waals surface area contributed by atoms with Crippen LogP contribution >= 0.6 is 0 Å². The van der Waals surface area contributed by atoms with Gasteiger partial charge in [0.2, 0.25) is 0 Å². The van der Waals surface area contributed by atoms with Crippen LogP contribution in [0, 0.1) is 0 Å². The normalized spacial score (nSPS) is 23.1. The molecule has 1 saturated heterocycles. The zero-order chi connectivity index (χ0) is 13.1. The first-order valence-electron chi connectivity index (χ1n) is 7.17. The number of hydrogen-bond donors (Lipinski definition) is 2. The monoisotopic (exact) mass is 262 g/mol. The average molecular weight is 262 g/mol. The minimum Gasteiger partial charge on any atom is -0.493 e. The van der Waals surface area contributed by atoms with Crippen molar-refractivity contribution in [1.29, 1.82) is 0 Å². The first-order chi connectivity index (χ1) is 9.36. The number of aliphatic hydroxyl groups is 1. The molecule has 1 unspecified atom stereocenters. The molecule has 0 amide bonds. The van der Waals surface area contributed by atoms with Crippen molar-refractivity contribution in [3.05, 3.63) is 29.3 Å². The average Bonchev–Trinajstić information content (AvgIpc) is 2.93.